The number of aryl methyl sites for hydroxylation is 2. The van der Waals surface area contributed by atoms with Crippen molar-refractivity contribution < 1.29 is 9.59 Å². The van der Waals surface area contributed by atoms with Crippen LogP contribution < -0.4 is 5.32 Å². The fraction of sp³-hybridized carbons (Fsp3) is 0.500. The smallest absolute Gasteiger partial charge is 0.252 e. The molecule has 110 valence electrons. The molecular weight excluding hydrogens is 252 g/mol. The highest BCUT2D eigenvalue weighted by Gasteiger charge is 2.26. The summed E-state index contributed by atoms with van der Waals surface area (Å²) in [5, 5.41) is 2.84. The maximum absolute atomic E-state index is 12.3. The number of hydrogen-bond acceptors (Lipinski definition) is 2. The standard InChI is InChI=1S/C16H24N2O2/c1-10(2)14(16(20)18(5)6)17-15(19)13-8-7-11(3)9-12(13)4/h7-10,14H,1-6H3,(H,17,19). The molecule has 4 heteroatoms. The first-order valence-corrected chi connectivity index (χ1v) is 6.83. The zero-order chi connectivity index (χ0) is 15.4. The van der Waals surface area contributed by atoms with Gasteiger partial charge in [-0.05, 0) is 31.4 Å². The minimum atomic E-state index is -0.502. The molecule has 0 aliphatic heterocycles. The summed E-state index contributed by atoms with van der Waals surface area (Å²) in [6.45, 7) is 7.74. The summed E-state index contributed by atoms with van der Waals surface area (Å²) in [4.78, 5) is 25.9. The van der Waals surface area contributed by atoms with Gasteiger partial charge in [-0.1, -0.05) is 31.5 Å². The molecule has 1 atom stereocenters. The van der Waals surface area contributed by atoms with Crippen molar-refractivity contribution in [2.75, 3.05) is 14.1 Å². The van der Waals surface area contributed by atoms with Crippen molar-refractivity contribution in [2.45, 2.75) is 33.7 Å². The molecule has 0 saturated heterocycles. The lowest BCUT2D eigenvalue weighted by Gasteiger charge is -2.25. The Balaban J connectivity index is 2.94. The van der Waals surface area contributed by atoms with Gasteiger partial charge in [0.05, 0.1) is 0 Å². The largest absolute Gasteiger partial charge is 0.347 e. The molecule has 0 aliphatic carbocycles. The van der Waals surface area contributed by atoms with E-state index in [4.69, 9.17) is 0 Å². The molecule has 0 aliphatic rings. The Hall–Kier alpha value is -1.84. The first kappa shape index (κ1) is 16.2. The minimum Gasteiger partial charge on any atom is -0.347 e. The molecule has 1 unspecified atom stereocenters. The first-order valence-electron chi connectivity index (χ1n) is 6.83. The van der Waals surface area contributed by atoms with Crippen molar-refractivity contribution in [3.63, 3.8) is 0 Å². The number of rotatable bonds is 4. The lowest BCUT2D eigenvalue weighted by molar-refractivity contribution is -0.131. The van der Waals surface area contributed by atoms with Gasteiger partial charge < -0.3 is 10.2 Å². The van der Waals surface area contributed by atoms with Crippen LogP contribution in [0.5, 0.6) is 0 Å². The van der Waals surface area contributed by atoms with E-state index in [9.17, 15) is 9.59 Å². The van der Waals surface area contributed by atoms with Gasteiger partial charge in [-0.2, -0.15) is 0 Å². The monoisotopic (exact) mass is 276 g/mol. The van der Waals surface area contributed by atoms with Crippen molar-refractivity contribution >= 4 is 11.8 Å². The predicted molar refractivity (Wildman–Crippen MR) is 80.7 cm³/mol. The molecule has 1 aromatic rings. The molecule has 1 rings (SSSR count). The predicted octanol–water partition coefficient (Wildman–Crippen LogP) is 2.15. The second-order valence-corrected chi connectivity index (χ2v) is 5.75. The lowest BCUT2D eigenvalue weighted by Crippen LogP contribution is -2.49. The number of hydrogen-bond donors (Lipinski definition) is 1. The fourth-order valence-electron chi connectivity index (χ4n) is 2.08. The summed E-state index contributed by atoms with van der Waals surface area (Å²) in [7, 11) is 3.39. The van der Waals surface area contributed by atoms with E-state index < -0.39 is 6.04 Å². The molecule has 1 aromatic carbocycles. The van der Waals surface area contributed by atoms with Gasteiger partial charge in [0, 0.05) is 19.7 Å². The van der Waals surface area contributed by atoms with E-state index in [0.717, 1.165) is 11.1 Å². The third-order valence-corrected chi connectivity index (χ3v) is 3.29. The molecule has 0 fully saturated rings. The maximum Gasteiger partial charge on any atom is 0.252 e. The third-order valence-electron chi connectivity index (χ3n) is 3.29. The van der Waals surface area contributed by atoms with Gasteiger partial charge in [-0.15, -0.1) is 0 Å². The highest BCUT2D eigenvalue weighted by Crippen LogP contribution is 2.12. The molecule has 0 heterocycles. The Labute approximate surface area is 121 Å². The van der Waals surface area contributed by atoms with Crippen LogP contribution in [0.25, 0.3) is 0 Å². The van der Waals surface area contributed by atoms with Gasteiger partial charge in [0.1, 0.15) is 6.04 Å². The van der Waals surface area contributed by atoms with E-state index in [2.05, 4.69) is 5.32 Å². The van der Waals surface area contributed by atoms with Crippen LogP contribution in [0.4, 0.5) is 0 Å². The first-order chi connectivity index (χ1) is 9.23. The molecule has 0 aromatic heterocycles. The van der Waals surface area contributed by atoms with E-state index in [0.29, 0.717) is 5.56 Å². The molecule has 4 nitrogen and oxygen atoms in total. The second kappa shape index (κ2) is 6.55. The normalized spacial score (nSPS) is 12.2. The fourth-order valence-corrected chi connectivity index (χ4v) is 2.08. The van der Waals surface area contributed by atoms with Gasteiger partial charge in [0.2, 0.25) is 5.91 Å². The summed E-state index contributed by atoms with van der Waals surface area (Å²) in [5.41, 5.74) is 2.65. The molecular formula is C16H24N2O2. The van der Waals surface area contributed by atoms with Crippen molar-refractivity contribution in [3.05, 3.63) is 34.9 Å². The van der Waals surface area contributed by atoms with E-state index >= 15 is 0 Å². The number of carbonyl (C=O) groups is 2. The Kier molecular flexibility index (Phi) is 5.31. The van der Waals surface area contributed by atoms with Gasteiger partial charge in [0.15, 0.2) is 0 Å². The Bertz CT molecular complexity index is 507. The maximum atomic E-state index is 12.3. The summed E-state index contributed by atoms with van der Waals surface area (Å²) < 4.78 is 0. The van der Waals surface area contributed by atoms with Crippen LogP contribution in [0.2, 0.25) is 0 Å². The van der Waals surface area contributed by atoms with Gasteiger partial charge >= 0.3 is 0 Å². The second-order valence-electron chi connectivity index (χ2n) is 5.75. The topological polar surface area (TPSA) is 49.4 Å². The summed E-state index contributed by atoms with van der Waals surface area (Å²) in [6.07, 6.45) is 0. The average Bonchev–Trinajstić information content (AvgIpc) is 2.34. The molecule has 0 radical (unpaired) electrons. The Morgan fingerprint density at radius 3 is 2.20 bits per heavy atom. The zero-order valence-electron chi connectivity index (χ0n) is 13.2. The molecule has 20 heavy (non-hydrogen) atoms. The van der Waals surface area contributed by atoms with Crippen LogP contribution in [0.15, 0.2) is 18.2 Å². The lowest BCUT2D eigenvalue weighted by atomic mass is 10.0. The van der Waals surface area contributed by atoms with E-state index in [-0.39, 0.29) is 17.7 Å². The van der Waals surface area contributed by atoms with Crippen LogP contribution in [0.3, 0.4) is 0 Å². The van der Waals surface area contributed by atoms with Crippen molar-refractivity contribution in [1.29, 1.82) is 0 Å². The van der Waals surface area contributed by atoms with Crippen LogP contribution in [0.1, 0.15) is 35.3 Å². The summed E-state index contributed by atoms with van der Waals surface area (Å²) in [5.74, 6) is -0.242. The number of carbonyl (C=O) groups excluding carboxylic acids is 2. The van der Waals surface area contributed by atoms with Crippen molar-refractivity contribution in [2.24, 2.45) is 5.92 Å². The number of amides is 2. The molecule has 0 spiro atoms. The summed E-state index contributed by atoms with van der Waals surface area (Å²) in [6, 6.07) is 5.17. The minimum absolute atomic E-state index is 0.0413. The van der Waals surface area contributed by atoms with E-state index in [1.807, 2.05) is 39.8 Å². The molecule has 0 saturated carbocycles. The van der Waals surface area contributed by atoms with Gasteiger partial charge in [-0.25, -0.2) is 0 Å². The van der Waals surface area contributed by atoms with Crippen LogP contribution in [-0.4, -0.2) is 36.9 Å². The number of nitrogens with one attached hydrogen (secondary N) is 1. The number of nitrogens with zero attached hydrogens (tertiary/aromatic N) is 1. The molecule has 1 N–H and O–H groups in total. The van der Waals surface area contributed by atoms with Crippen molar-refractivity contribution in [1.82, 2.24) is 10.2 Å². The zero-order valence-corrected chi connectivity index (χ0v) is 13.2. The Morgan fingerprint density at radius 2 is 1.75 bits per heavy atom. The highest BCUT2D eigenvalue weighted by molar-refractivity contribution is 5.98. The Morgan fingerprint density at radius 1 is 1.15 bits per heavy atom. The number of likely N-dealkylation sites (N-methyl/N-ethyl adjacent to an activating group) is 1. The third kappa shape index (κ3) is 3.83. The van der Waals surface area contributed by atoms with Crippen LogP contribution >= 0.6 is 0 Å². The van der Waals surface area contributed by atoms with E-state index in [1.54, 1.807) is 20.2 Å². The van der Waals surface area contributed by atoms with Gasteiger partial charge in [0.25, 0.3) is 5.91 Å². The number of benzene rings is 1. The van der Waals surface area contributed by atoms with Crippen LogP contribution in [-0.2, 0) is 4.79 Å². The van der Waals surface area contributed by atoms with Crippen molar-refractivity contribution in [3.8, 4) is 0 Å². The van der Waals surface area contributed by atoms with Crippen LogP contribution in [0, 0.1) is 19.8 Å². The summed E-state index contributed by atoms with van der Waals surface area (Å²) >= 11 is 0. The SMILES string of the molecule is Cc1ccc(C(=O)NC(C(=O)N(C)C)C(C)C)c(C)c1. The molecule has 2 amide bonds. The average molecular weight is 276 g/mol. The van der Waals surface area contributed by atoms with E-state index in [1.165, 1.54) is 4.90 Å². The highest BCUT2D eigenvalue weighted by atomic mass is 16.2. The quantitative estimate of drug-likeness (QED) is 0.916. The molecule has 0 bridgehead atoms. The van der Waals surface area contributed by atoms with Gasteiger partial charge in [-0.3, -0.25) is 9.59 Å².